The number of aliphatic imine (C=N–C) groups is 1. The number of unbranched alkanes of at least 4 members (excludes halogenated alkanes) is 10. The molecule has 0 aliphatic rings. The topological polar surface area (TPSA) is 93.0 Å². The van der Waals surface area contributed by atoms with E-state index < -0.39 is 24.5 Å². The molecule has 0 spiro atoms. The van der Waals surface area contributed by atoms with Crippen molar-refractivity contribution >= 4 is 11.9 Å². The molecule has 1 unspecified atom stereocenters. The third kappa shape index (κ3) is 16.5. The van der Waals surface area contributed by atoms with Crippen molar-refractivity contribution in [3.05, 3.63) is 0 Å². The third-order valence-corrected chi connectivity index (χ3v) is 3.75. The van der Waals surface area contributed by atoms with Gasteiger partial charge in [0.25, 0.3) is 0 Å². The Labute approximate surface area is 162 Å². The first-order valence-electron chi connectivity index (χ1n) is 8.69. The maximum Gasteiger partial charge on any atom is 1.00 e. The molecule has 0 saturated heterocycles. The summed E-state index contributed by atoms with van der Waals surface area (Å²) in [5.41, 5.74) is 0. The number of aliphatic hydroxyl groups excluding tert-OH is 1. The van der Waals surface area contributed by atoms with Crippen LogP contribution < -0.4 is 34.7 Å². The summed E-state index contributed by atoms with van der Waals surface area (Å²) in [6.45, 7) is 1.60. The Hall–Kier alpha value is -0.100. The van der Waals surface area contributed by atoms with Gasteiger partial charge in [-0.1, -0.05) is 71.1 Å². The number of nitrogens with zero attached hydrogens (tertiary/aromatic N) is 1. The van der Waals surface area contributed by atoms with Crippen LogP contribution in [0.5, 0.6) is 0 Å². The SMILES string of the molecule is CCCCCCCCCCCCCC([O-])=NC(CO)C(=O)O.[Na+]. The second-order valence-corrected chi connectivity index (χ2v) is 5.84. The van der Waals surface area contributed by atoms with E-state index in [9.17, 15) is 9.90 Å². The smallest absolute Gasteiger partial charge is 0.862 e. The van der Waals surface area contributed by atoms with E-state index in [-0.39, 0.29) is 36.0 Å². The summed E-state index contributed by atoms with van der Waals surface area (Å²) < 4.78 is 0. The number of carboxylic acid groups (broad SMARTS) is 1. The summed E-state index contributed by atoms with van der Waals surface area (Å²) in [6, 6.07) is -1.31. The normalized spacial score (nSPS) is 12.7. The second kappa shape index (κ2) is 18.2. The van der Waals surface area contributed by atoms with Gasteiger partial charge in [0, 0.05) is 0 Å². The summed E-state index contributed by atoms with van der Waals surface area (Å²) in [7, 11) is 0. The van der Waals surface area contributed by atoms with Crippen molar-refractivity contribution in [2.24, 2.45) is 4.99 Å². The number of hydrogen-bond donors (Lipinski definition) is 2. The van der Waals surface area contributed by atoms with Crippen molar-refractivity contribution in [1.82, 2.24) is 0 Å². The molecular formula is C17H32NNaO4. The zero-order valence-corrected chi connectivity index (χ0v) is 16.9. The molecule has 130 valence electrons. The summed E-state index contributed by atoms with van der Waals surface area (Å²) in [6.07, 6.45) is 13.5. The number of aliphatic hydroxyl groups is 1. The number of carbonyl (C=O) groups is 1. The Bertz CT molecular complexity index is 311. The van der Waals surface area contributed by atoms with Gasteiger partial charge in [0.15, 0.2) is 6.04 Å². The molecule has 0 aromatic heterocycles. The predicted molar refractivity (Wildman–Crippen MR) is 87.0 cm³/mol. The Morgan fingerprint density at radius 3 is 1.78 bits per heavy atom. The zero-order chi connectivity index (χ0) is 16.6. The number of carboxylic acids is 1. The Kier molecular flexibility index (Phi) is 19.9. The van der Waals surface area contributed by atoms with Crippen molar-refractivity contribution in [3.63, 3.8) is 0 Å². The Balaban J connectivity index is 0. The molecule has 1 atom stereocenters. The Morgan fingerprint density at radius 1 is 0.957 bits per heavy atom. The number of aliphatic carboxylic acids is 1. The summed E-state index contributed by atoms with van der Waals surface area (Å²) in [4.78, 5) is 14.1. The van der Waals surface area contributed by atoms with Gasteiger partial charge in [0.05, 0.1) is 6.61 Å². The van der Waals surface area contributed by atoms with Gasteiger partial charge < -0.3 is 15.3 Å². The molecule has 2 N–H and O–H groups in total. The van der Waals surface area contributed by atoms with E-state index in [4.69, 9.17) is 10.2 Å². The summed E-state index contributed by atoms with van der Waals surface area (Å²) in [5.74, 6) is -1.67. The van der Waals surface area contributed by atoms with E-state index in [1.54, 1.807) is 0 Å². The van der Waals surface area contributed by atoms with Crippen LogP contribution in [0.4, 0.5) is 0 Å². The number of rotatable bonds is 15. The fourth-order valence-corrected chi connectivity index (χ4v) is 2.35. The molecule has 0 rings (SSSR count). The predicted octanol–water partition coefficient (Wildman–Crippen LogP) is -0.104. The molecule has 0 bridgehead atoms. The molecule has 5 nitrogen and oxygen atoms in total. The van der Waals surface area contributed by atoms with E-state index >= 15 is 0 Å². The summed E-state index contributed by atoms with van der Waals surface area (Å²) in [5, 5.41) is 28.9. The molecule has 0 amide bonds. The van der Waals surface area contributed by atoms with E-state index in [0.29, 0.717) is 0 Å². The van der Waals surface area contributed by atoms with E-state index in [2.05, 4.69) is 11.9 Å². The van der Waals surface area contributed by atoms with Crippen LogP contribution in [-0.4, -0.2) is 34.7 Å². The maximum absolute atomic E-state index is 11.4. The molecule has 0 heterocycles. The van der Waals surface area contributed by atoms with Crippen molar-refractivity contribution in [2.45, 2.75) is 90.0 Å². The van der Waals surface area contributed by atoms with E-state index in [1.165, 1.54) is 51.4 Å². The van der Waals surface area contributed by atoms with Gasteiger partial charge in [-0.3, -0.25) is 4.99 Å². The van der Waals surface area contributed by atoms with E-state index in [1.807, 2.05) is 0 Å². The molecule has 0 aliphatic carbocycles. The minimum atomic E-state index is -1.31. The van der Waals surface area contributed by atoms with Crippen LogP contribution in [0.3, 0.4) is 0 Å². The maximum atomic E-state index is 11.4. The monoisotopic (exact) mass is 337 g/mol. The van der Waals surface area contributed by atoms with Gasteiger partial charge >= 0.3 is 35.5 Å². The average molecular weight is 337 g/mol. The van der Waals surface area contributed by atoms with Gasteiger partial charge in [-0.05, 0) is 18.7 Å². The molecule has 0 radical (unpaired) electrons. The molecule has 23 heavy (non-hydrogen) atoms. The van der Waals surface area contributed by atoms with Gasteiger partial charge in [0.2, 0.25) is 0 Å². The average Bonchev–Trinajstić information content (AvgIpc) is 2.50. The van der Waals surface area contributed by atoms with Crippen LogP contribution in [-0.2, 0) is 4.79 Å². The van der Waals surface area contributed by atoms with Crippen LogP contribution in [0.15, 0.2) is 4.99 Å². The van der Waals surface area contributed by atoms with Crippen LogP contribution in [0.2, 0.25) is 0 Å². The molecule has 6 heteroatoms. The van der Waals surface area contributed by atoms with Crippen LogP contribution in [0.25, 0.3) is 0 Å². The second-order valence-electron chi connectivity index (χ2n) is 5.84. The van der Waals surface area contributed by atoms with Crippen molar-refractivity contribution in [3.8, 4) is 0 Å². The van der Waals surface area contributed by atoms with Gasteiger partial charge in [-0.15, -0.1) is 0 Å². The van der Waals surface area contributed by atoms with Crippen molar-refractivity contribution in [1.29, 1.82) is 0 Å². The molecule has 0 aromatic rings. The minimum absolute atomic E-state index is 0. The van der Waals surface area contributed by atoms with Gasteiger partial charge in [0.1, 0.15) is 0 Å². The van der Waals surface area contributed by atoms with Gasteiger partial charge in [-0.25, -0.2) is 4.79 Å². The zero-order valence-electron chi connectivity index (χ0n) is 14.9. The number of hydrogen-bond acceptors (Lipinski definition) is 4. The Morgan fingerprint density at radius 2 is 1.39 bits per heavy atom. The third-order valence-electron chi connectivity index (χ3n) is 3.75. The van der Waals surface area contributed by atoms with Crippen LogP contribution >= 0.6 is 0 Å². The fraction of sp³-hybridized carbons (Fsp3) is 0.882. The first-order chi connectivity index (χ1) is 10.6. The minimum Gasteiger partial charge on any atom is -0.862 e. The van der Waals surface area contributed by atoms with Crippen LogP contribution in [0, 0.1) is 0 Å². The molecule has 0 saturated carbocycles. The fourth-order valence-electron chi connectivity index (χ4n) is 2.35. The molecule has 0 aromatic carbocycles. The quantitative estimate of drug-likeness (QED) is 0.189. The standard InChI is InChI=1S/C17H33NO4.Na/c1-2-3-4-5-6-7-8-9-10-11-12-13-16(20)18-15(14-19)17(21)22;/h15,19H,2-14H2,1H3,(H,18,20)(H,21,22);/q;+1/p-1. The van der Waals surface area contributed by atoms with Crippen molar-refractivity contribution < 1.29 is 49.7 Å². The summed E-state index contributed by atoms with van der Waals surface area (Å²) >= 11 is 0. The first-order valence-corrected chi connectivity index (χ1v) is 8.69. The molecule has 0 fully saturated rings. The molecule has 0 aliphatic heterocycles. The van der Waals surface area contributed by atoms with E-state index in [0.717, 1.165) is 19.3 Å². The van der Waals surface area contributed by atoms with Gasteiger partial charge in [-0.2, -0.15) is 0 Å². The van der Waals surface area contributed by atoms with Crippen LogP contribution in [0.1, 0.15) is 84.0 Å². The first kappa shape index (κ1) is 25.1. The largest absolute Gasteiger partial charge is 1.00 e. The molecular weight excluding hydrogens is 305 g/mol. The van der Waals surface area contributed by atoms with Crippen molar-refractivity contribution in [2.75, 3.05) is 6.61 Å².